The lowest BCUT2D eigenvalue weighted by molar-refractivity contribution is -0.158. The summed E-state index contributed by atoms with van der Waals surface area (Å²) < 4.78 is 6.35. The highest BCUT2D eigenvalue weighted by atomic mass is 16.5. The van der Waals surface area contributed by atoms with Crippen molar-refractivity contribution in [2.75, 3.05) is 13.1 Å². The number of likely N-dealkylation sites (tertiary alicyclic amines) is 1. The highest BCUT2D eigenvalue weighted by Gasteiger charge is 2.69. The number of ether oxygens (including phenoxy) is 1. The quantitative estimate of drug-likeness (QED) is 0.728. The zero-order valence-electron chi connectivity index (χ0n) is 12.2. The highest BCUT2D eigenvalue weighted by molar-refractivity contribution is 5.84. The Labute approximate surface area is 115 Å². The minimum Gasteiger partial charge on any atom is -0.351 e. The molecular weight excluding hydrogens is 238 g/mol. The first-order valence-electron chi connectivity index (χ1n) is 8.03. The van der Waals surface area contributed by atoms with Crippen LogP contribution in [0.1, 0.15) is 52.4 Å². The molecule has 0 N–H and O–H groups in total. The molecule has 2 saturated carbocycles. The molecule has 2 aliphatic carbocycles. The van der Waals surface area contributed by atoms with Crippen molar-refractivity contribution in [3.8, 4) is 0 Å². The molecule has 3 heteroatoms. The van der Waals surface area contributed by atoms with E-state index < -0.39 is 0 Å². The van der Waals surface area contributed by atoms with Crippen molar-refractivity contribution in [3.05, 3.63) is 0 Å². The third-order valence-corrected chi connectivity index (χ3v) is 6.52. The molecule has 4 rings (SSSR count). The molecule has 0 radical (unpaired) electrons. The van der Waals surface area contributed by atoms with E-state index in [1.54, 1.807) is 0 Å². The topological polar surface area (TPSA) is 29.5 Å². The largest absolute Gasteiger partial charge is 0.351 e. The van der Waals surface area contributed by atoms with Crippen molar-refractivity contribution in [1.82, 2.24) is 4.90 Å². The van der Waals surface area contributed by atoms with Crippen LogP contribution in [0.25, 0.3) is 0 Å². The van der Waals surface area contributed by atoms with Crippen LogP contribution < -0.4 is 0 Å². The summed E-state index contributed by atoms with van der Waals surface area (Å²) in [6.45, 7) is 6.84. The minimum atomic E-state index is -0.0886. The lowest BCUT2D eigenvalue weighted by Gasteiger charge is -2.58. The molecule has 4 fully saturated rings. The number of hydrogen-bond donors (Lipinski definition) is 0. The average Bonchev–Trinajstić information content (AvgIpc) is 2.53. The van der Waals surface area contributed by atoms with Crippen molar-refractivity contribution in [1.29, 1.82) is 0 Å². The molecule has 0 aromatic rings. The van der Waals surface area contributed by atoms with E-state index >= 15 is 0 Å². The number of carbonyl (C=O) groups excluding carboxylic acids is 1. The Balaban J connectivity index is 1.87. The van der Waals surface area contributed by atoms with Gasteiger partial charge in [-0.2, -0.15) is 0 Å². The lowest BCUT2D eigenvalue weighted by Crippen LogP contribution is -2.62. The Morgan fingerprint density at radius 2 is 2.11 bits per heavy atom. The summed E-state index contributed by atoms with van der Waals surface area (Å²) in [6, 6.07) is 0. The van der Waals surface area contributed by atoms with E-state index in [1.807, 2.05) is 0 Å². The predicted molar refractivity (Wildman–Crippen MR) is 72.6 cm³/mol. The monoisotopic (exact) mass is 263 g/mol. The summed E-state index contributed by atoms with van der Waals surface area (Å²) in [5, 5.41) is 0. The SMILES string of the molecule is CCN1C[C@]2(C)CCCC34CCCC(=O)C(OC13)C42. The van der Waals surface area contributed by atoms with Crippen LogP contribution in [0.15, 0.2) is 0 Å². The maximum Gasteiger partial charge on any atom is 0.161 e. The van der Waals surface area contributed by atoms with E-state index in [0.717, 1.165) is 25.9 Å². The molecule has 0 aromatic heterocycles. The number of nitrogens with zero attached hydrogens (tertiary/aromatic N) is 1. The number of piperidine rings is 1. The Morgan fingerprint density at radius 3 is 2.89 bits per heavy atom. The fourth-order valence-electron chi connectivity index (χ4n) is 5.97. The number of carbonyl (C=O) groups is 1. The maximum absolute atomic E-state index is 12.4. The number of hydrogen-bond acceptors (Lipinski definition) is 3. The van der Waals surface area contributed by atoms with E-state index in [0.29, 0.717) is 17.1 Å². The second kappa shape index (κ2) is 3.82. The summed E-state index contributed by atoms with van der Waals surface area (Å²) in [7, 11) is 0. The van der Waals surface area contributed by atoms with Gasteiger partial charge >= 0.3 is 0 Å². The van der Waals surface area contributed by atoms with Crippen LogP contribution >= 0.6 is 0 Å². The van der Waals surface area contributed by atoms with Crippen LogP contribution in [-0.2, 0) is 9.53 Å². The molecule has 2 heterocycles. The summed E-state index contributed by atoms with van der Waals surface area (Å²) in [4.78, 5) is 15.0. The van der Waals surface area contributed by atoms with Crippen molar-refractivity contribution >= 4 is 5.78 Å². The second-order valence-corrected chi connectivity index (χ2v) is 7.51. The van der Waals surface area contributed by atoms with Crippen LogP contribution in [0.4, 0.5) is 0 Å². The first-order valence-corrected chi connectivity index (χ1v) is 8.03. The summed E-state index contributed by atoms with van der Waals surface area (Å²) in [5.41, 5.74) is 0.587. The molecule has 2 aliphatic heterocycles. The van der Waals surface area contributed by atoms with E-state index in [1.165, 1.54) is 25.7 Å². The predicted octanol–water partition coefficient (Wildman–Crippen LogP) is 2.59. The maximum atomic E-state index is 12.4. The summed E-state index contributed by atoms with van der Waals surface area (Å²) in [6.07, 6.45) is 7.05. The van der Waals surface area contributed by atoms with Crippen molar-refractivity contribution < 1.29 is 9.53 Å². The molecule has 5 atom stereocenters. The van der Waals surface area contributed by atoms with Crippen LogP contribution in [0.2, 0.25) is 0 Å². The van der Waals surface area contributed by atoms with Crippen LogP contribution in [0.5, 0.6) is 0 Å². The standard InChI is InChI=1S/C16H25NO2/c1-3-17-10-15(2)7-5-9-16-8-4-6-11(18)12(13(15)16)19-14(16)17/h12-14H,3-10H2,1-2H3/t12?,13?,14?,15-,16?/m0/s1. The fourth-order valence-corrected chi connectivity index (χ4v) is 5.97. The van der Waals surface area contributed by atoms with Gasteiger partial charge in [-0.25, -0.2) is 0 Å². The number of rotatable bonds is 1. The third kappa shape index (κ3) is 1.38. The molecule has 5 bridgehead atoms. The van der Waals surface area contributed by atoms with Crippen LogP contribution in [0.3, 0.4) is 0 Å². The van der Waals surface area contributed by atoms with Gasteiger partial charge in [0.15, 0.2) is 5.78 Å². The van der Waals surface area contributed by atoms with E-state index in [9.17, 15) is 4.79 Å². The molecule has 0 aromatic carbocycles. The van der Waals surface area contributed by atoms with Gasteiger partial charge in [-0.05, 0) is 37.6 Å². The van der Waals surface area contributed by atoms with Crippen molar-refractivity contribution in [3.63, 3.8) is 0 Å². The second-order valence-electron chi connectivity index (χ2n) is 7.51. The number of ketones is 1. The Hall–Kier alpha value is -0.410. The molecule has 4 unspecified atom stereocenters. The van der Waals surface area contributed by atoms with Gasteiger partial charge in [-0.15, -0.1) is 0 Å². The molecule has 19 heavy (non-hydrogen) atoms. The van der Waals surface area contributed by atoms with Gasteiger partial charge in [0.2, 0.25) is 0 Å². The van der Waals surface area contributed by atoms with Crippen LogP contribution in [0, 0.1) is 16.7 Å². The molecule has 2 saturated heterocycles. The Bertz CT molecular complexity index is 423. The third-order valence-electron chi connectivity index (χ3n) is 6.52. The van der Waals surface area contributed by atoms with Gasteiger partial charge in [-0.1, -0.05) is 20.3 Å². The zero-order valence-corrected chi connectivity index (χ0v) is 12.2. The molecule has 4 aliphatic rings. The lowest BCUT2D eigenvalue weighted by atomic mass is 9.51. The van der Waals surface area contributed by atoms with Gasteiger partial charge in [0.1, 0.15) is 12.3 Å². The normalized spacial score (nSPS) is 53.2. The minimum absolute atomic E-state index is 0.0886. The van der Waals surface area contributed by atoms with Crippen molar-refractivity contribution in [2.45, 2.75) is 64.7 Å². The van der Waals surface area contributed by atoms with E-state index in [4.69, 9.17) is 4.74 Å². The zero-order chi connectivity index (χ0) is 13.3. The Morgan fingerprint density at radius 1 is 1.32 bits per heavy atom. The number of Topliss-reactive ketones (excluding diaryl/α,β-unsaturated/α-hetero) is 1. The average molecular weight is 263 g/mol. The molecule has 106 valence electrons. The van der Waals surface area contributed by atoms with E-state index in [2.05, 4.69) is 18.7 Å². The van der Waals surface area contributed by atoms with Gasteiger partial charge in [0, 0.05) is 24.3 Å². The van der Waals surface area contributed by atoms with Gasteiger partial charge in [0.25, 0.3) is 0 Å². The molecule has 3 nitrogen and oxygen atoms in total. The smallest absolute Gasteiger partial charge is 0.161 e. The fraction of sp³-hybridized carbons (Fsp3) is 0.938. The summed E-state index contributed by atoms with van der Waals surface area (Å²) >= 11 is 0. The summed E-state index contributed by atoms with van der Waals surface area (Å²) in [5.74, 6) is 0.886. The molecular formula is C16H25NO2. The van der Waals surface area contributed by atoms with E-state index in [-0.39, 0.29) is 17.7 Å². The van der Waals surface area contributed by atoms with Crippen molar-refractivity contribution in [2.24, 2.45) is 16.7 Å². The van der Waals surface area contributed by atoms with Gasteiger partial charge in [-0.3, -0.25) is 9.69 Å². The highest BCUT2D eigenvalue weighted by Crippen LogP contribution is 2.66. The van der Waals surface area contributed by atoms with Gasteiger partial charge in [0.05, 0.1) is 0 Å². The first kappa shape index (κ1) is 12.3. The molecule has 0 amide bonds. The van der Waals surface area contributed by atoms with Crippen LogP contribution in [-0.4, -0.2) is 36.1 Å². The first-order chi connectivity index (χ1) is 9.11. The Kier molecular flexibility index (Phi) is 2.48. The van der Waals surface area contributed by atoms with Gasteiger partial charge < -0.3 is 4.74 Å². The molecule has 0 spiro atoms.